The van der Waals surface area contributed by atoms with E-state index in [0.29, 0.717) is 17.5 Å². The van der Waals surface area contributed by atoms with Crippen molar-refractivity contribution in [3.05, 3.63) is 23.7 Å². The highest BCUT2D eigenvalue weighted by atomic mass is 16.5. The zero-order valence-electron chi connectivity index (χ0n) is 10.5. The third-order valence-corrected chi connectivity index (χ3v) is 3.20. The van der Waals surface area contributed by atoms with Gasteiger partial charge < -0.3 is 14.3 Å². The molecule has 1 saturated heterocycles. The number of rotatable bonds is 2. The molecule has 6 nitrogen and oxygen atoms in total. The highest BCUT2D eigenvalue weighted by Gasteiger charge is 2.25. The zero-order chi connectivity index (χ0) is 12.5. The van der Waals surface area contributed by atoms with Crippen molar-refractivity contribution in [1.29, 1.82) is 0 Å². The predicted molar refractivity (Wildman–Crippen MR) is 65.0 cm³/mol. The molecule has 2 aromatic heterocycles. The molecule has 0 amide bonds. The third kappa shape index (κ3) is 2.04. The molecule has 1 atom stereocenters. The van der Waals surface area contributed by atoms with Crippen molar-refractivity contribution < 1.29 is 8.94 Å². The van der Waals surface area contributed by atoms with Gasteiger partial charge in [-0.3, -0.25) is 4.90 Å². The van der Waals surface area contributed by atoms with Crippen LogP contribution in [0.1, 0.15) is 17.6 Å². The lowest BCUT2D eigenvalue weighted by Gasteiger charge is -2.30. The number of nitrogens with one attached hydrogen (secondary N) is 1. The summed E-state index contributed by atoms with van der Waals surface area (Å²) in [4.78, 5) is 6.64. The first-order chi connectivity index (χ1) is 8.74. The minimum atomic E-state index is 0.160. The van der Waals surface area contributed by atoms with Crippen LogP contribution in [0, 0.1) is 6.92 Å². The van der Waals surface area contributed by atoms with Gasteiger partial charge in [-0.05, 0) is 26.1 Å². The van der Waals surface area contributed by atoms with Crippen LogP contribution in [0.25, 0.3) is 11.7 Å². The lowest BCUT2D eigenvalue weighted by Crippen LogP contribution is -2.44. The minimum Gasteiger partial charge on any atom is -0.456 e. The van der Waals surface area contributed by atoms with Crippen molar-refractivity contribution >= 4 is 0 Å². The molecule has 0 bridgehead atoms. The summed E-state index contributed by atoms with van der Waals surface area (Å²) < 4.78 is 10.7. The summed E-state index contributed by atoms with van der Waals surface area (Å²) in [7, 11) is 2.07. The highest BCUT2D eigenvalue weighted by Crippen LogP contribution is 2.23. The number of piperazine rings is 1. The second kappa shape index (κ2) is 4.55. The SMILES string of the molecule is Cc1ccc(-c2nc(C3CNCCN3C)no2)o1. The number of hydrogen-bond donors (Lipinski definition) is 1. The molecule has 96 valence electrons. The molecule has 0 aromatic carbocycles. The fraction of sp³-hybridized carbons (Fsp3) is 0.500. The van der Waals surface area contributed by atoms with Crippen molar-refractivity contribution in [3.8, 4) is 11.7 Å². The average molecular weight is 248 g/mol. The van der Waals surface area contributed by atoms with Crippen molar-refractivity contribution in [3.63, 3.8) is 0 Å². The number of aryl methyl sites for hydroxylation is 1. The van der Waals surface area contributed by atoms with Gasteiger partial charge in [0.1, 0.15) is 5.76 Å². The van der Waals surface area contributed by atoms with Crippen LogP contribution in [0.15, 0.2) is 21.1 Å². The molecule has 0 saturated carbocycles. The molecular formula is C12H16N4O2. The van der Waals surface area contributed by atoms with E-state index in [1.54, 1.807) is 0 Å². The summed E-state index contributed by atoms with van der Waals surface area (Å²) in [6, 6.07) is 3.88. The van der Waals surface area contributed by atoms with Crippen LogP contribution in [0.4, 0.5) is 0 Å². The fourth-order valence-electron chi connectivity index (χ4n) is 2.11. The second-order valence-electron chi connectivity index (χ2n) is 4.57. The van der Waals surface area contributed by atoms with Gasteiger partial charge in [-0.1, -0.05) is 5.16 Å². The molecule has 1 aliphatic rings. The van der Waals surface area contributed by atoms with E-state index in [-0.39, 0.29) is 6.04 Å². The van der Waals surface area contributed by atoms with Gasteiger partial charge in [-0.25, -0.2) is 0 Å². The zero-order valence-corrected chi connectivity index (χ0v) is 10.5. The van der Waals surface area contributed by atoms with Crippen LogP contribution >= 0.6 is 0 Å². The number of likely N-dealkylation sites (N-methyl/N-ethyl adjacent to an activating group) is 1. The number of furan rings is 1. The van der Waals surface area contributed by atoms with Crippen LogP contribution < -0.4 is 5.32 Å². The van der Waals surface area contributed by atoms with E-state index in [0.717, 1.165) is 25.4 Å². The van der Waals surface area contributed by atoms with Crippen molar-refractivity contribution in [2.24, 2.45) is 0 Å². The maximum absolute atomic E-state index is 5.47. The first-order valence-corrected chi connectivity index (χ1v) is 6.05. The lowest BCUT2D eigenvalue weighted by atomic mass is 10.2. The molecule has 18 heavy (non-hydrogen) atoms. The Kier molecular flexibility index (Phi) is 2.89. The molecule has 1 unspecified atom stereocenters. The topological polar surface area (TPSA) is 67.3 Å². The van der Waals surface area contributed by atoms with E-state index in [1.165, 1.54) is 0 Å². The van der Waals surface area contributed by atoms with Crippen LogP contribution in [0.5, 0.6) is 0 Å². The molecule has 1 N–H and O–H groups in total. The van der Waals surface area contributed by atoms with Gasteiger partial charge in [0.15, 0.2) is 11.6 Å². The monoisotopic (exact) mass is 248 g/mol. The van der Waals surface area contributed by atoms with Gasteiger partial charge in [-0.2, -0.15) is 4.98 Å². The quantitative estimate of drug-likeness (QED) is 0.861. The maximum Gasteiger partial charge on any atom is 0.293 e. The Morgan fingerprint density at radius 2 is 2.33 bits per heavy atom. The Bertz CT molecular complexity index is 534. The number of aromatic nitrogens is 2. The summed E-state index contributed by atoms with van der Waals surface area (Å²) in [5.41, 5.74) is 0. The van der Waals surface area contributed by atoms with E-state index in [4.69, 9.17) is 8.94 Å². The minimum absolute atomic E-state index is 0.160. The average Bonchev–Trinajstić information content (AvgIpc) is 2.98. The molecule has 3 heterocycles. The third-order valence-electron chi connectivity index (χ3n) is 3.20. The molecule has 0 radical (unpaired) electrons. The van der Waals surface area contributed by atoms with Gasteiger partial charge in [0.25, 0.3) is 5.89 Å². The highest BCUT2D eigenvalue weighted by molar-refractivity contribution is 5.44. The summed E-state index contributed by atoms with van der Waals surface area (Å²) in [5, 5.41) is 7.38. The summed E-state index contributed by atoms with van der Waals surface area (Å²) >= 11 is 0. The van der Waals surface area contributed by atoms with E-state index >= 15 is 0 Å². The molecule has 0 spiro atoms. The Hall–Kier alpha value is -1.66. The van der Waals surface area contributed by atoms with E-state index in [1.807, 2.05) is 19.1 Å². The first kappa shape index (κ1) is 11.4. The van der Waals surface area contributed by atoms with E-state index < -0.39 is 0 Å². The standard InChI is InChI=1S/C12H16N4O2/c1-8-3-4-10(17-8)12-14-11(15-18-12)9-7-13-5-6-16(9)2/h3-4,9,13H,5-7H2,1-2H3. The Morgan fingerprint density at radius 3 is 3.06 bits per heavy atom. The molecule has 0 aliphatic carbocycles. The molecular weight excluding hydrogens is 232 g/mol. The smallest absolute Gasteiger partial charge is 0.293 e. The van der Waals surface area contributed by atoms with Crippen LogP contribution in [-0.2, 0) is 0 Å². The Morgan fingerprint density at radius 1 is 1.44 bits per heavy atom. The van der Waals surface area contributed by atoms with Crippen molar-refractivity contribution in [2.45, 2.75) is 13.0 Å². The van der Waals surface area contributed by atoms with Crippen LogP contribution in [0.3, 0.4) is 0 Å². The van der Waals surface area contributed by atoms with Gasteiger partial charge >= 0.3 is 0 Å². The Balaban J connectivity index is 1.84. The maximum atomic E-state index is 5.47. The summed E-state index contributed by atoms with van der Waals surface area (Å²) in [5.74, 6) is 2.60. The largest absolute Gasteiger partial charge is 0.456 e. The molecule has 6 heteroatoms. The first-order valence-electron chi connectivity index (χ1n) is 6.05. The van der Waals surface area contributed by atoms with E-state index in [9.17, 15) is 0 Å². The molecule has 2 aromatic rings. The van der Waals surface area contributed by atoms with Gasteiger partial charge in [-0.15, -0.1) is 0 Å². The van der Waals surface area contributed by atoms with Gasteiger partial charge in [0.05, 0.1) is 6.04 Å². The lowest BCUT2D eigenvalue weighted by molar-refractivity contribution is 0.190. The predicted octanol–water partition coefficient (Wildman–Crippen LogP) is 1.21. The van der Waals surface area contributed by atoms with E-state index in [2.05, 4.69) is 27.4 Å². The van der Waals surface area contributed by atoms with Gasteiger partial charge in [0.2, 0.25) is 0 Å². The fourth-order valence-corrected chi connectivity index (χ4v) is 2.11. The number of hydrogen-bond acceptors (Lipinski definition) is 6. The summed E-state index contributed by atoms with van der Waals surface area (Å²) in [6.07, 6.45) is 0. The second-order valence-corrected chi connectivity index (χ2v) is 4.57. The van der Waals surface area contributed by atoms with Crippen LogP contribution in [0.2, 0.25) is 0 Å². The Labute approximate surface area is 105 Å². The van der Waals surface area contributed by atoms with Crippen LogP contribution in [-0.4, -0.2) is 41.7 Å². The molecule has 3 rings (SSSR count). The van der Waals surface area contributed by atoms with Gasteiger partial charge in [0, 0.05) is 19.6 Å². The molecule has 1 fully saturated rings. The molecule has 1 aliphatic heterocycles. The van der Waals surface area contributed by atoms with Crippen molar-refractivity contribution in [2.75, 3.05) is 26.7 Å². The van der Waals surface area contributed by atoms with Crippen molar-refractivity contribution in [1.82, 2.24) is 20.4 Å². The normalized spacial score (nSPS) is 21.3. The summed E-state index contributed by atoms with van der Waals surface area (Å²) in [6.45, 7) is 4.70. The number of nitrogens with zero attached hydrogens (tertiary/aromatic N) is 3.